The Morgan fingerprint density at radius 1 is 1.53 bits per heavy atom. The van der Waals surface area contributed by atoms with Crippen LogP contribution in [0.4, 0.5) is 0 Å². The average Bonchev–Trinajstić information content (AvgIpc) is 3.00. The lowest BCUT2D eigenvalue weighted by Gasteiger charge is -2.25. The molecular formula is C13H19N3O. The normalized spacial score (nSPS) is 33.8. The van der Waals surface area contributed by atoms with Gasteiger partial charge < -0.3 is 9.77 Å². The van der Waals surface area contributed by atoms with Crippen LogP contribution < -0.4 is 0 Å². The molecule has 4 nitrogen and oxygen atoms in total. The van der Waals surface area contributed by atoms with Gasteiger partial charge in [0, 0.05) is 18.5 Å². The monoisotopic (exact) mass is 233 g/mol. The highest BCUT2D eigenvalue weighted by atomic mass is 16.4. The van der Waals surface area contributed by atoms with Crippen molar-refractivity contribution in [2.45, 2.75) is 45.6 Å². The fraction of sp³-hybridized carbons (Fsp3) is 0.692. The lowest BCUT2D eigenvalue weighted by atomic mass is 9.93. The Bertz CT molecular complexity index is 463. The highest BCUT2D eigenvalue weighted by Gasteiger charge is 2.46. The fourth-order valence-corrected chi connectivity index (χ4v) is 3.63. The van der Waals surface area contributed by atoms with Gasteiger partial charge in [0.15, 0.2) is 0 Å². The quantitative estimate of drug-likeness (QED) is 0.630. The first-order chi connectivity index (χ1) is 8.24. The Morgan fingerprint density at radius 3 is 3.06 bits per heavy atom. The molecule has 0 amide bonds. The van der Waals surface area contributed by atoms with Gasteiger partial charge in [0.05, 0.1) is 17.4 Å². The zero-order chi connectivity index (χ0) is 12.0. The van der Waals surface area contributed by atoms with E-state index in [1.54, 1.807) is 0 Å². The second-order valence-electron chi connectivity index (χ2n) is 5.30. The topological polar surface area (TPSA) is 50.4 Å². The predicted molar refractivity (Wildman–Crippen MR) is 65.4 cm³/mol. The van der Waals surface area contributed by atoms with Crippen LogP contribution in [0.15, 0.2) is 11.4 Å². The van der Waals surface area contributed by atoms with E-state index in [2.05, 4.69) is 27.8 Å². The SMILES string of the molecule is CCc1nc(C)cn1[C@@H]1/C(=N\O)[C@H]2CC[C@@H]1C2. The third-order valence-electron chi connectivity index (χ3n) is 4.30. The number of nitrogens with zero attached hydrogens (tertiary/aromatic N) is 3. The first-order valence-electron chi connectivity index (χ1n) is 6.50. The molecule has 0 saturated heterocycles. The van der Waals surface area contributed by atoms with Crippen LogP contribution in [-0.4, -0.2) is 20.5 Å². The fourth-order valence-electron chi connectivity index (χ4n) is 3.63. The maximum atomic E-state index is 9.24. The van der Waals surface area contributed by atoms with E-state index in [1.165, 1.54) is 19.3 Å². The smallest absolute Gasteiger partial charge is 0.109 e. The van der Waals surface area contributed by atoms with Gasteiger partial charge >= 0.3 is 0 Å². The molecule has 0 aromatic carbocycles. The predicted octanol–water partition coefficient (Wildman–Crippen LogP) is 2.56. The number of imidazole rings is 1. The van der Waals surface area contributed by atoms with Crippen LogP contribution in [0.5, 0.6) is 0 Å². The van der Waals surface area contributed by atoms with Crippen LogP contribution in [0.25, 0.3) is 0 Å². The summed E-state index contributed by atoms with van der Waals surface area (Å²) in [6.45, 7) is 4.15. The van der Waals surface area contributed by atoms with Crippen LogP contribution in [0.1, 0.15) is 43.7 Å². The van der Waals surface area contributed by atoms with Gasteiger partial charge in [-0.3, -0.25) is 0 Å². The number of hydrogen-bond donors (Lipinski definition) is 1. The number of aromatic nitrogens is 2. The Kier molecular flexibility index (Phi) is 2.45. The first-order valence-corrected chi connectivity index (χ1v) is 6.50. The Balaban J connectivity index is 2.03. The lowest BCUT2D eigenvalue weighted by molar-refractivity contribution is 0.306. The molecule has 2 aliphatic carbocycles. The van der Waals surface area contributed by atoms with Gasteiger partial charge in [-0.05, 0) is 32.1 Å². The highest BCUT2D eigenvalue weighted by molar-refractivity contribution is 5.93. The molecule has 2 bridgehead atoms. The van der Waals surface area contributed by atoms with Gasteiger partial charge in [-0.25, -0.2) is 4.98 Å². The van der Waals surface area contributed by atoms with E-state index >= 15 is 0 Å². The summed E-state index contributed by atoms with van der Waals surface area (Å²) >= 11 is 0. The molecule has 4 heteroatoms. The van der Waals surface area contributed by atoms with Gasteiger partial charge in [0.25, 0.3) is 0 Å². The van der Waals surface area contributed by atoms with Crippen molar-refractivity contribution in [2.75, 3.05) is 0 Å². The van der Waals surface area contributed by atoms with E-state index in [-0.39, 0.29) is 6.04 Å². The molecule has 2 saturated carbocycles. The second-order valence-corrected chi connectivity index (χ2v) is 5.30. The molecule has 1 aromatic rings. The minimum atomic E-state index is 0.259. The molecule has 2 aliphatic rings. The van der Waals surface area contributed by atoms with E-state index < -0.39 is 0 Å². The molecular weight excluding hydrogens is 214 g/mol. The lowest BCUT2D eigenvalue weighted by Crippen LogP contribution is -2.26. The highest BCUT2D eigenvalue weighted by Crippen LogP contribution is 2.49. The zero-order valence-corrected chi connectivity index (χ0v) is 10.4. The third kappa shape index (κ3) is 1.50. The second kappa shape index (κ2) is 3.86. The van der Waals surface area contributed by atoms with Crippen molar-refractivity contribution in [1.29, 1.82) is 0 Å². The van der Waals surface area contributed by atoms with Crippen LogP contribution in [0, 0.1) is 18.8 Å². The molecule has 0 radical (unpaired) electrons. The number of rotatable bonds is 2. The summed E-state index contributed by atoms with van der Waals surface area (Å²) in [5, 5.41) is 12.8. The van der Waals surface area contributed by atoms with Crippen LogP contribution in [0.3, 0.4) is 0 Å². The maximum absolute atomic E-state index is 9.24. The van der Waals surface area contributed by atoms with Crippen LogP contribution >= 0.6 is 0 Å². The van der Waals surface area contributed by atoms with Crippen molar-refractivity contribution in [1.82, 2.24) is 9.55 Å². The van der Waals surface area contributed by atoms with E-state index in [1.807, 2.05) is 6.92 Å². The van der Waals surface area contributed by atoms with E-state index in [4.69, 9.17) is 0 Å². The third-order valence-corrected chi connectivity index (χ3v) is 4.30. The largest absolute Gasteiger partial charge is 0.411 e. The molecule has 1 N–H and O–H groups in total. The summed E-state index contributed by atoms with van der Waals surface area (Å²) in [6.07, 6.45) is 6.67. The van der Waals surface area contributed by atoms with Crippen LogP contribution in [-0.2, 0) is 6.42 Å². The molecule has 1 aromatic heterocycles. The number of fused-ring (bicyclic) bond motifs is 2. The number of hydrogen-bond acceptors (Lipinski definition) is 3. The molecule has 0 aliphatic heterocycles. The Hall–Kier alpha value is -1.32. The standard InChI is InChI=1S/C13H19N3O/c1-3-11-14-8(2)7-16(11)13-10-5-4-9(6-10)12(13)15-17/h7,9-10,13,17H,3-6H2,1-2H3/b15-12-/t9-,10+,13-/m0/s1. The average molecular weight is 233 g/mol. The van der Waals surface area contributed by atoms with Crippen LogP contribution in [0.2, 0.25) is 0 Å². The van der Waals surface area contributed by atoms with Crippen molar-refractivity contribution in [3.05, 3.63) is 17.7 Å². The zero-order valence-electron chi connectivity index (χ0n) is 10.4. The Labute approximate surface area is 101 Å². The van der Waals surface area contributed by atoms with Crippen molar-refractivity contribution >= 4 is 5.71 Å². The molecule has 17 heavy (non-hydrogen) atoms. The number of aryl methyl sites for hydroxylation is 2. The summed E-state index contributed by atoms with van der Waals surface area (Å²) in [5.74, 6) is 2.26. The molecule has 0 unspecified atom stereocenters. The van der Waals surface area contributed by atoms with Crippen molar-refractivity contribution in [3.63, 3.8) is 0 Å². The minimum absolute atomic E-state index is 0.259. The van der Waals surface area contributed by atoms with Gasteiger partial charge in [-0.15, -0.1) is 0 Å². The summed E-state index contributed by atoms with van der Waals surface area (Å²) in [4.78, 5) is 4.55. The Morgan fingerprint density at radius 2 is 2.35 bits per heavy atom. The first kappa shape index (κ1) is 10.8. The van der Waals surface area contributed by atoms with E-state index in [9.17, 15) is 5.21 Å². The summed E-state index contributed by atoms with van der Waals surface area (Å²) < 4.78 is 2.24. The van der Waals surface area contributed by atoms with Gasteiger partial charge in [-0.1, -0.05) is 12.1 Å². The van der Waals surface area contributed by atoms with Gasteiger partial charge in [0.1, 0.15) is 5.82 Å². The molecule has 0 spiro atoms. The summed E-state index contributed by atoms with van der Waals surface area (Å²) in [5.41, 5.74) is 2.04. The molecule has 2 fully saturated rings. The van der Waals surface area contributed by atoms with Crippen molar-refractivity contribution < 1.29 is 5.21 Å². The van der Waals surface area contributed by atoms with E-state index in [0.29, 0.717) is 11.8 Å². The minimum Gasteiger partial charge on any atom is -0.411 e. The summed E-state index contributed by atoms with van der Waals surface area (Å²) in [6, 6.07) is 0.259. The maximum Gasteiger partial charge on any atom is 0.109 e. The molecule has 3 atom stereocenters. The van der Waals surface area contributed by atoms with Gasteiger partial charge in [-0.2, -0.15) is 0 Å². The molecule has 92 valence electrons. The van der Waals surface area contributed by atoms with E-state index in [0.717, 1.165) is 23.7 Å². The van der Waals surface area contributed by atoms with Crippen molar-refractivity contribution in [2.24, 2.45) is 17.0 Å². The van der Waals surface area contributed by atoms with Gasteiger partial charge in [0.2, 0.25) is 0 Å². The van der Waals surface area contributed by atoms with Crippen molar-refractivity contribution in [3.8, 4) is 0 Å². The molecule has 3 rings (SSSR count). The molecule has 1 heterocycles. The number of oxime groups is 1. The summed E-state index contributed by atoms with van der Waals surface area (Å²) in [7, 11) is 0.